The van der Waals surface area contributed by atoms with Crippen molar-refractivity contribution in [1.29, 1.82) is 0 Å². The van der Waals surface area contributed by atoms with Crippen molar-refractivity contribution < 1.29 is 17.9 Å². The number of nitrogens with one attached hydrogen (secondary N) is 2. The molecule has 1 fully saturated rings. The number of nitrogens with zero attached hydrogens (tertiary/aromatic N) is 1. The summed E-state index contributed by atoms with van der Waals surface area (Å²) in [5.74, 6) is 0. The summed E-state index contributed by atoms with van der Waals surface area (Å²) in [6.07, 6.45) is -0.937. The monoisotopic (exact) mass is 251 g/mol. The van der Waals surface area contributed by atoms with Gasteiger partial charge in [-0.05, 0) is 13.8 Å². The summed E-state index contributed by atoms with van der Waals surface area (Å²) in [4.78, 5) is 11.1. The molecular weight excluding hydrogens is 234 g/mol. The molecule has 1 atom stereocenters. The van der Waals surface area contributed by atoms with Gasteiger partial charge in [0.25, 0.3) is 0 Å². The lowest BCUT2D eigenvalue weighted by Crippen LogP contribution is -2.56. The van der Waals surface area contributed by atoms with E-state index in [1.165, 1.54) is 4.31 Å². The maximum absolute atomic E-state index is 11.8. The zero-order valence-electron chi connectivity index (χ0n) is 9.39. The lowest BCUT2D eigenvalue weighted by Gasteiger charge is -2.32. The molecule has 1 saturated heterocycles. The molecule has 0 unspecified atom stereocenters. The second-order valence-electron chi connectivity index (χ2n) is 3.49. The van der Waals surface area contributed by atoms with Crippen LogP contribution in [0.3, 0.4) is 0 Å². The van der Waals surface area contributed by atoms with Crippen LogP contribution in [0.25, 0.3) is 0 Å². The molecule has 1 aliphatic rings. The summed E-state index contributed by atoms with van der Waals surface area (Å²) in [5.41, 5.74) is 0. The van der Waals surface area contributed by atoms with Crippen molar-refractivity contribution in [2.45, 2.75) is 19.9 Å². The molecule has 94 valence electrons. The second-order valence-corrected chi connectivity index (χ2v) is 5.11. The average Bonchev–Trinajstić information content (AvgIpc) is 2.17. The Morgan fingerprint density at radius 2 is 2.31 bits per heavy atom. The first-order valence-corrected chi connectivity index (χ1v) is 6.58. The van der Waals surface area contributed by atoms with Crippen molar-refractivity contribution in [2.75, 3.05) is 26.2 Å². The van der Waals surface area contributed by atoms with Crippen molar-refractivity contribution in [1.82, 2.24) is 14.3 Å². The summed E-state index contributed by atoms with van der Waals surface area (Å²) < 4.78 is 31.2. The highest BCUT2D eigenvalue weighted by molar-refractivity contribution is 7.87. The minimum Gasteiger partial charge on any atom is -0.449 e. The van der Waals surface area contributed by atoms with E-state index in [-0.39, 0.29) is 12.6 Å². The Bertz CT molecular complexity index is 343. The van der Waals surface area contributed by atoms with Gasteiger partial charge in [-0.1, -0.05) is 0 Å². The zero-order valence-corrected chi connectivity index (χ0v) is 10.2. The number of carbonyl (C=O) groups excluding carboxylic acids is 1. The van der Waals surface area contributed by atoms with Crippen molar-refractivity contribution in [3.8, 4) is 0 Å². The van der Waals surface area contributed by atoms with Crippen molar-refractivity contribution in [3.05, 3.63) is 0 Å². The van der Waals surface area contributed by atoms with Crippen LogP contribution in [0.1, 0.15) is 13.8 Å². The van der Waals surface area contributed by atoms with Crippen molar-refractivity contribution in [2.24, 2.45) is 0 Å². The normalized spacial score (nSPS) is 22.8. The third-order valence-corrected chi connectivity index (χ3v) is 3.82. The predicted octanol–water partition coefficient (Wildman–Crippen LogP) is -0.729. The smallest absolute Gasteiger partial charge is 0.421 e. The molecule has 7 nitrogen and oxygen atoms in total. The van der Waals surface area contributed by atoms with E-state index in [4.69, 9.17) is 0 Å². The fourth-order valence-corrected chi connectivity index (χ4v) is 2.77. The fourth-order valence-electron chi connectivity index (χ4n) is 1.50. The van der Waals surface area contributed by atoms with Crippen LogP contribution in [0, 0.1) is 0 Å². The minimum absolute atomic E-state index is 0.137. The van der Waals surface area contributed by atoms with E-state index in [9.17, 15) is 13.2 Å². The van der Waals surface area contributed by atoms with Gasteiger partial charge in [-0.2, -0.15) is 12.7 Å². The quantitative estimate of drug-likeness (QED) is 0.690. The van der Waals surface area contributed by atoms with Gasteiger partial charge in [0.1, 0.15) is 0 Å². The number of amides is 1. The molecule has 2 N–H and O–H groups in total. The standard InChI is InChI=1S/C8H17N3O4S/c1-3-15-8(12)10-16(13,14)11-5-4-9-6-7(11)2/h7,9H,3-6H2,1-2H3,(H,10,12)/t7-/m0/s1. The van der Waals surface area contributed by atoms with Crippen LogP contribution in [0.15, 0.2) is 0 Å². The third kappa shape index (κ3) is 3.32. The molecule has 0 radical (unpaired) electrons. The summed E-state index contributed by atoms with van der Waals surface area (Å²) in [6, 6.07) is -0.180. The minimum atomic E-state index is -3.79. The predicted molar refractivity (Wildman–Crippen MR) is 58.1 cm³/mol. The molecule has 1 aliphatic heterocycles. The summed E-state index contributed by atoms with van der Waals surface area (Å²) in [6.45, 7) is 5.02. The SMILES string of the molecule is CCOC(=O)NS(=O)(=O)N1CCNC[C@@H]1C. The van der Waals surface area contributed by atoms with Gasteiger partial charge in [-0.3, -0.25) is 0 Å². The van der Waals surface area contributed by atoms with Crippen LogP contribution in [-0.2, 0) is 14.9 Å². The topological polar surface area (TPSA) is 87.7 Å². The van der Waals surface area contributed by atoms with E-state index < -0.39 is 16.3 Å². The Hall–Kier alpha value is -0.860. The van der Waals surface area contributed by atoms with Crippen molar-refractivity contribution in [3.63, 3.8) is 0 Å². The Labute approximate surface area is 95.3 Å². The highest BCUT2D eigenvalue weighted by Crippen LogP contribution is 2.07. The van der Waals surface area contributed by atoms with Gasteiger partial charge >= 0.3 is 16.3 Å². The maximum Gasteiger partial charge on any atom is 0.421 e. The van der Waals surface area contributed by atoms with Gasteiger partial charge in [-0.25, -0.2) is 9.52 Å². The zero-order chi connectivity index (χ0) is 12.2. The van der Waals surface area contributed by atoms with E-state index in [2.05, 4.69) is 10.1 Å². The van der Waals surface area contributed by atoms with Crippen LogP contribution >= 0.6 is 0 Å². The molecule has 0 bridgehead atoms. The lowest BCUT2D eigenvalue weighted by molar-refractivity contribution is 0.157. The highest BCUT2D eigenvalue weighted by atomic mass is 32.2. The summed E-state index contributed by atoms with van der Waals surface area (Å²) in [5, 5.41) is 3.06. The third-order valence-electron chi connectivity index (χ3n) is 2.24. The van der Waals surface area contributed by atoms with Crippen molar-refractivity contribution >= 4 is 16.3 Å². The molecule has 0 aromatic carbocycles. The van der Waals surface area contributed by atoms with E-state index in [0.717, 1.165) is 0 Å². The van der Waals surface area contributed by atoms with Gasteiger partial charge in [0.15, 0.2) is 0 Å². The van der Waals surface area contributed by atoms with Gasteiger partial charge in [0, 0.05) is 25.7 Å². The van der Waals surface area contributed by atoms with Gasteiger partial charge in [-0.15, -0.1) is 0 Å². The average molecular weight is 251 g/mol. The first-order chi connectivity index (χ1) is 7.47. The maximum atomic E-state index is 11.8. The number of carbonyl (C=O) groups is 1. The first kappa shape index (κ1) is 13.2. The number of hydrogen-bond acceptors (Lipinski definition) is 5. The van der Waals surface area contributed by atoms with Gasteiger partial charge < -0.3 is 10.1 Å². The van der Waals surface area contributed by atoms with E-state index in [1.807, 2.05) is 4.72 Å². The van der Waals surface area contributed by atoms with Crippen LogP contribution in [0.4, 0.5) is 4.79 Å². The Morgan fingerprint density at radius 3 is 2.88 bits per heavy atom. The Balaban J connectivity index is 2.65. The Kier molecular flexibility index (Phi) is 4.51. The highest BCUT2D eigenvalue weighted by Gasteiger charge is 2.30. The number of ether oxygens (including phenoxy) is 1. The lowest BCUT2D eigenvalue weighted by atomic mass is 10.3. The molecule has 0 saturated carbocycles. The molecule has 16 heavy (non-hydrogen) atoms. The van der Waals surface area contributed by atoms with E-state index in [1.54, 1.807) is 13.8 Å². The number of piperazine rings is 1. The summed E-state index contributed by atoms with van der Waals surface area (Å²) in [7, 11) is -3.79. The largest absolute Gasteiger partial charge is 0.449 e. The second kappa shape index (κ2) is 5.46. The number of rotatable bonds is 3. The molecule has 0 spiro atoms. The molecule has 1 heterocycles. The van der Waals surface area contributed by atoms with Gasteiger partial charge in [0.2, 0.25) is 0 Å². The summed E-state index contributed by atoms with van der Waals surface area (Å²) >= 11 is 0. The van der Waals surface area contributed by atoms with E-state index >= 15 is 0 Å². The van der Waals surface area contributed by atoms with Crippen LogP contribution in [0.5, 0.6) is 0 Å². The molecule has 0 aliphatic carbocycles. The molecule has 1 amide bonds. The Morgan fingerprint density at radius 1 is 1.62 bits per heavy atom. The van der Waals surface area contributed by atoms with Crippen LogP contribution in [0.2, 0.25) is 0 Å². The fraction of sp³-hybridized carbons (Fsp3) is 0.875. The molecule has 8 heteroatoms. The molecule has 0 aromatic rings. The number of hydrogen-bond donors (Lipinski definition) is 2. The van der Waals surface area contributed by atoms with Gasteiger partial charge in [0.05, 0.1) is 6.61 Å². The molecule has 1 rings (SSSR count). The van der Waals surface area contributed by atoms with Crippen LogP contribution in [-0.4, -0.2) is 51.1 Å². The molecule has 0 aromatic heterocycles. The van der Waals surface area contributed by atoms with Crippen LogP contribution < -0.4 is 10.0 Å². The first-order valence-electron chi connectivity index (χ1n) is 5.14. The molecular formula is C8H17N3O4S. The van der Waals surface area contributed by atoms with E-state index in [0.29, 0.717) is 19.6 Å².